The molecule has 0 radical (unpaired) electrons. The van der Waals surface area contributed by atoms with Gasteiger partial charge in [-0.2, -0.15) is 0 Å². The molecule has 2 rings (SSSR count). The van der Waals surface area contributed by atoms with Crippen molar-refractivity contribution in [1.29, 1.82) is 0 Å². The van der Waals surface area contributed by atoms with Crippen LogP contribution in [0.1, 0.15) is 24.9 Å². The second-order valence-corrected chi connectivity index (χ2v) is 5.47. The quantitative estimate of drug-likeness (QED) is 0.750. The highest BCUT2D eigenvalue weighted by molar-refractivity contribution is 7.17. The van der Waals surface area contributed by atoms with Crippen molar-refractivity contribution in [2.45, 2.75) is 25.4 Å². The van der Waals surface area contributed by atoms with Gasteiger partial charge in [0.2, 0.25) is 0 Å². The first-order chi connectivity index (χ1) is 8.76. The predicted molar refractivity (Wildman–Crippen MR) is 77.9 cm³/mol. The summed E-state index contributed by atoms with van der Waals surface area (Å²) < 4.78 is 1.29. The number of rotatable bonds is 6. The van der Waals surface area contributed by atoms with Crippen molar-refractivity contribution in [3.8, 4) is 0 Å². The smallest absolute Gasteiger partial charge is 0.0461 e. The summed E-state index contributed by atoms with van der Waals surface area (Å²) in [6, 6.07) is 8.81. The zero-order valence-corrected chi connectivity index (χ0v) is 11.4. The third-order valence-corrected chi connectivity index (χ3v) is 4.15. The summed E-state index contributed by atoms with van der Waals surface area (Å²) in [6.07, 6.45) is 0.749. The lowest BCUT2D eigenvalue weighted by Gasteiger charge is -2.21. The number of fused-ring (bicyclic) bond motifs is 1. The summed E-state index contributed by atoms with van der Waals surface area (Å²) in [4.78, 5) is 0. The Hall–Kier alpha value is -0.940. The van der Waals surface area contributed by atoms with Gasteiger partial charge in [-0.25, -0.2) is 0 Å². The van der Waals surface area contributed by atoms with E-state index in [0.717, 1.165) is 6.42 Å². The molecule has 18 heavy (non-hydrogen) atoms. The number of benzene rings is 1. The first kappa shape index (κ1) is 13.5. The van der Waals surface area contributed by atoms with E-state index < -0.39 is 0 Å². The fraction of sp³-hybridized carbons (Fsp3) is 0.429. The van der Waals surface area contributed by atoms with Gasteiger partial charge in [-0.15, -0.1) is 11.3 Å². The number of aliphatic hydroxyl groups excluding tert-OH is 1. The largest absolute Gasteiger partial charge is 0.396 e. The zero-order chi connectivity index (χ0) is 13.0. The molecular formula is C14H20N2OS. The molecule has 0 aliphatic carbocycles. The van der Waals surface area contributed by atoms with E-state index in [1.807, 2.05) is 0 Å². The van der Waals surface area contributed by atoms with Gasteiger partial charge in [-0.05, 0) is 35.7 Å². The van der Waals surface area contributed by atoms with E-state index in [4.69, 9.17) is 10.8 Å². The first-order valence-corrected chi connectivity index (χ1v) is 7.17. The molecule has 0 fully saturated rings. The molecule has 0 saturated carbocycles. The summed E-state index contributed by atoms with van der Waals surface area (Å²) in [5, 5.41) is 15.9. The number of nitrogens with two attached hydrogens (primary N) is 1. The fourth-order valence-electron chi connectivity index (χ4n) is 2.17. The van der Waals surface area contributed by atoms with Gasteiger partial charge in [-0.3, -0.25) is 0 Å². The van der Waals surface area contributed by atoms with Crippen LogP contribution in [0.5, 0.6) is 0 Å². The minimum absolute atomic E-state index is 0.155. The molecule has 4 N–H and O–H groups in total. The van der Waals surface area contributed by atoms with Gasteiger partial charge < -0.3 is 16.2 Å². The Bertz CT molecular complexity index is 497. The van der Waals surface area contributed by atoms with Crippen LogP contribution in [0.2, 0.25) is 0 Å². The fourth-order valence-corrected chi connectivity index (χ4v) is 3.19. The Balaban J connectivity index is 2.21. The Morgan fingerprint density at radius 3 is 2.89 bits per heavy atom. The molecule has 98 valence electrons. The highest BCUT2D eigenvalue weighted by Crippen LogP contribution is 2.30. The number of aliphatic hydroxyl groups is 1. The van der Waals surface area contributed by atoms with Gasteiger partial charge in [0.05, 0.1) is 0 Å². The van der Waals surface area contributed by atoms with Crippen LogP contribution in [-0.4, -0.2) is 24.3 Å². The second kappa shape index (κ2) is 6.29. The maximum atomic E-state index is 8.96. The van der Waals surface area contributed by atoms with Crippen LogP contribution >= 0.6 is 11.3 Å². The Morgan fingerprint density at radius 1 is 1.39 bits per heavy atom. The number of nitrogens with one attached hydrogen (secondary N) is 1. The second-order valence-electron chi connectivity index (χ2n) is 4.56. The molecule has 0 amide bonds. The van der Waals surface area contributed by atoms with Crippen molar-refractivity contribution < 1.29 is 5.11 Å². The van der Waals surface area contributed by atoms with Crippen LogP contribution in [0.15, 0.2) is 29.6 Å². The Kier molecular flexibility index (Phi) is 4.72. The number of hydrogen-bond acceptors (Lipinski definition) is 4. The summed E-state index contributed by atoms with van der Waals surface area (Å²) in [7, 11) is 0. The third-order valence-electron chi connectivity index (χ3n) is 3.17. The van der Waals surface area contributed by atoms with Gasteiger partial charge >= 0.3 is 0 Å². The average Bonchev–Trinajstić information content (AvgIpc) is 2.80. The zero-order valence-electron chi connectivity index (χ0n) is 10.6. The summed E-state index contributed by atoms with van der Waals surface area (Å²) >= 11 is 1.75. The molecule has 3 nitrogen and oxygen atoms in total. The summed E-state index contributed by atoms with van der Waals surface area (Å²) in [6.45, 7) is 2.85. The first-order valence-electron chi connectivity index (χ1n) is 6.29. The van der Waals surface area contributed by atoms with Gasteiger partial charge in [0.25, 0.3) is 0 Å². The van der Waals surface area contributed by atoms with Gasteiger partial charge in [0.1, 0.15) is 0 Å². The lowest BCUT2D eigenvalue weighted by atomic mass is 10.0. The van der Waals surface area contributed by atoms with E-state index in [-0.39, 0.29) is 18.7 Å². The topological polar surface area (TPSA) is 58.3 Å². The third kappa shape index (κ3) is 2.90. The predicted octanol–water partition coefficient (Wildman–Crippen LogP) is 2.26. The molecule has 0 aliphatic rings. The highest BCUT2D eigenvalue weighted by atomic mass is 32.1. The highest BCUT2D eigenvalue weighted by Gasteiger charge is 2.16. The molecule has 2 unspecified atom stereocenters. The summed E-state index contributed by atoms with van der Waals surface area (Å²) in [5.74, 6) is 0. The van der Waals surface area contributed by atoms with E-state index in [1.165, 1.54) is 15.6 Å². The molecular weight excluding hydrogens is 244 g/mol. The van der Waals surface area contributed by atoms with Crippen LogP contribution in [0.25, 0.3) is 10.1 Å². The van der Waals surface area contributed by atoms with Gasteiger partial charge in [0, 0.05) is 29.9 Å². The molecule has 1 aromatic carbocycles. The molecule has 1 heterocycles. The van der Waals surface area contributed by atoms with Crippen molar-refractivity contribution in [3.63, 3.8) is 0 Å². The minimum Gasteiger partial charge on any atom is -0.396 e. The van der Waals surface area contributed by atoms with Crippen molar-refractivity contribution in [2.24, 2.45) is 5.73 Å². The molecule has 0 aliphatic heterocycles. The lowest BCUT2D eigenvalue weighted by molar-refractivity contribution is 0.263. The maximum Gasteiger partial charge on any atom is 0.0461 e. The van der Waals surface area contributed by atoms with E-state index in [2.05, 4.69) is 41.9 Å². The van der Waals surface area contributed by atoms with Crippen LogP contribution < -0.4 is 11.1 Å². The van der Waals surface area contributed by atoms with Crippen molar-refractivity contribution in [1.82, 2.24) is 5.32 Å². The van der Waals surface area contributed by atoms with Crippen molar-refractivity contribution in [3.05, 3.63) is 35.2 Å². The van der Waals surface area contributed by atoms with E-state index in [1.54, 1.807) is 11.3 Å². The van der Waals surface area contributed by atoms with Crippen LogP contribution in [-0.2, 0) is 0 Å². The molecule has 1 aromatic heterocycles. The molecule has 0 saturated heterocycles. The number of thiophene rings is 1. The van der Waals surface area contributed by atoms with Crippen molar-refractivity contribution in [2.75, 3.05) is 13.2 Å². The van der Waals surface area contributed by atoms with E-state index in [0.29, 0.717) is 6.54 Å². The standard InChI is InChI=1S/C14H20N2OS/c1-10(6-7-17)16-13(8-15)12-9-18-14-5-3-2-4-11(12)14/h2-5,9-10,13,16-17H,6-8,15H2,1H3. The normalized spacial score (nSPS) is 14.8. The van der Waals surface area contributed by atoms with Crippen LogP contribution in [0, 0.1) is 0 Å². The van der Waals surface area contributed by atoms with E-state index in [9.17, 15) is 0 Å². The van der Waals surface area contributed by atoms with E-state index >= 15 is 0 Å². The molecule has 2 aromatic rings. The molecule has 2 atom stereocenters. The van der Waals surface area contributed by atoms with Crippen molar-refractivity contribution >= 4 is 21.4 Å². The Labute approximate surface area is 112 Å². The molecule has 0 spiro atoms. The molecule has 0 bridgehead atoms. The lowest BCUT2D eigenvalue weighted by Crippen LogP contribution is -2.35. The summed E-state index contributed by atoms with van der Waals surface area (Å²) in [5.41, 5.74) is 7.15. The van der Waals surface area contributed by atoms with Gasteiger partial charge in [0.15, 0.2) is 0 Å². The maximum absolute atomic E-state index is 8.96. The van der Waals surface area contributed by atoms with Crippen LogP contribution in [0.4, 0.5) is 0 Å². The van der Waals surface area contributed by atoms with Crippen LogP contribution in [0.3, 0.4) is 0 Å². The monoisotopic (exact) mass is 264 g/mol. The minimum atomic E-state index is 0.155. The molecule has 4 heteroatoms. The number of hydrogen-bond donors (Lipinski definition) is 3. The van der Waals surface area contributed by atoms with Gasteiger partial charge in [-0.1, -0.05) is 18.2 Å². The Morgan fingerprint density at radius 2 is 2.17 bits per heavy atom. The SMILES string of the molecule is CC(CCO)NC(CN)c1csc2ccccc12. The average molecular weight is 264 g/mol.